The molecule has 34 heavy (non-hydrogen) atoms. The quantitative estimate of drug-likeness (QED) is 0.211. The molecule has 0 aromatic heterocycles. The van der Waals surface area contributed by atoms with E-state index in [2.05, 4.69) is 10.6 Å². The maximum Gasteiger partial charge on any atom is 0.252 e. The Hall–Kier alpha value is -3.31. The first-order chi connectivity index (χ1) is 16.5. The molecule has 0 aliphatic carbocycles. The van der Waals surface area contributed by atoms with Crippen molar-refractivity contribution >= 4 is 17.6 Å². The Morgan fingerprint density at radius 1 is 0.824 bits per heavy atom. The van der Waals surface area contributed by atoms with Gasteiger partial charge in [-0.1, -0.05) is 24.3 Å². The number of aliphatic hydroxyl groups is 2. The average Bonchev–Trinajstić information content (AvgIpc) is 2.88. The van der Waals surface area contributed by atoms with E-state index in [9.17, 15) is 14.4 Å². The van der Waals surface area contributed by atoms with Crippen molar-refractivity contribution in [1.82, 2.24) is 10.6 Å². The molecule has 10 nitrogen and oxygen atoms in total. The van der Waals surface area contributed by atoms with Crippen LogP contribution in [-0.4, -0.2) is 87.1 Å². The second-order valence-corrected chi connectivity index (χ2v) is 7.04. The molecule has 2 rings (SSSR count). The lowest BCUT2D eigenvalue weighted by molar-refractivity contribution is -0.132. The minimum absolute atomic E-state index is 0.00821. The van der Waals surface area contributed by atoms with E-state index in [-0.39, 0.29) is 12.2 Å². The molecule has 2 amide bonds. The van der Waals surface area contributed by atoms with Crippen molar-refractivity contribution in [3.8, 4) is 16.9 Å². The van der Waals surface area contributed by atoms with Gasteiger partial charge in [0.05, 0.1) is 33.0 Å². The minimum atomic E-state index is -1.46. The molecule has 0 fully saturated rings. The standard InChI is InChI=1S/C24H30N2O8/c1-25-24(31)22(21(29)16-28)26-23(30)19-4-2-17(3-5-19)18-6-8-20(9-7-18)34-15-14-33-13-12-32-11-10-27/h2-9,22,27-28H,10-16H2,1H3,(H,25,31)(H,26,30). The van der Waals surface area contributed by atoms with Crippen molar-refractivity contribution in [2.24, 2.45) is 0 Å². The molecule has 2 aromatic rings. The van der Waals surface area contributed by atoms with Crippen LogP contribution in [0.25, 0.3) is 11.1 Å². The topological polar surface area (TPSA) is 143 Å². The van der Waals surface area contributed by atoms with Crippen LogP contribution in [0.4, 0.5) is 0 Å². The van der Waals surface area contributed by atoms with E-state index in [0.717, 1.165) is 11.1 Å². The smallest absolute Gasteiger partial charge is 0.252 e. The molecule has 0 saturated heterocycles. The fourth-order valence-electron chi connectivity index (χ4n) is 2.90. The lowest BCUT2D eigenvalue weighted by Crippen LogP contribution is -2.51. The summed E-state index contributed by atoms with van der Waals surface area (Å²) in [6, 6.07) is 12.6. The maximum absolute atomic E-state index is 12.4. The third-order valence-corrected chi connectivity index (χ3v) is 4.70. The van der Waals surface area contributed by atoms with Crippen molar-refractivity contribution in [3.63, 3.8) is 0 Å². The molecule has 10 heteroatoms. The Balaban J connectivity index is 1.86. The Morgan fingerprint density at radius 2 is 1.38 bits per heavy atom. The number of ether oxygens (including phenoxy) is 3. The van der Waals surface area contributed by atoms with Crippen molar-refractivity contribution < 1.29 is 38.8 Å². The van der Waals surface area contributed by atoms with Gasteiger partial charge in [0, 0.05) is 12.6 Å². The molecule has 0 aliphatic rings. The first-order valence-electron chi connectivity index (χ1n) is 10.8. The monoisotopic (exact) mass is 474 g/mol. The van der Waals surface area contributed by atoms with Gasteiger partial charge in [0.1, 0.15) is 19.0 Å². The molecule has 0 radical (unpaired) electrons. The van der Waals surface area contributed by atoms with Crippen molar-refractivity contribution in [2.45, 2.75) is 6.04 Å². The highest BCUT2D eigenvalue weighted by molar-refractivity contribution is 6.10. The van der Waals surface area contributed by atoms with Gasteiger partial charge in [-0.3, -0.25) is 14.4 Å². The summed E-state index contributed by atoms with van der Waals surface area (Å²) < 4.78 is 16.1. The average molecular weight is 475 g/mol. The molecule has 0 spiro atoms. The van der Waals surface area contributed by atoms with Gasteiger partial charge in [-0.15, -0.1) is 0 Å². The summed E-state index contributed by atoms with van der Waals surface area (Å²) in [5.41, 5.74) is 2.05. The van der Waals surface area contributed by atoms with Gasteiger partial charge >= 0.3 is 0 Å². The highest BCUT2D eigenvalue weighted by Gasteiger charge is 2.27. The van der Waals surface area contributed by atoms with Gasteiger partial charge in [-0.2, -0.15) is 0 Å². The second-order valence-electron chi connectivity index (χ2n) is 7.04. The van der Waals surface area contributed by atoms with E-state index in [1.165, 1.54) is 7.05 Å². The normalized spacial score (nSPS) is 11.5. The van der Waals surface area contributed by atoms with Crippen LogP contribution >= 0.6 is 0 Å². The number of ketones is 1. The number of amides is 2. The number of carbonyl (C=O) groups excluding carboxylic acids is 3. The number of rotatable bonds is 15. The van der Waals surface area contributed by atoms with Crippen LogP contribution in [0.1, 0.15) is 10.4 Å². The van der Waals surface area contributed by atoms with Gasteiger partial charge < -0.3 is 35.1 Å². The van der Waals surface area contributed by atoms with Gasteiger partial charge in [0.15, 0.2) is 11.8 Å². The Morgan fingerprint density at radius 3 is 1.94 bits per heavy atom. The molecule has 0 aliphatic heterocycles. The number of benzene rings is 2. The molecule has 0 saturated carbocycles. The van der Waals surface area contributed by atoms with Gasteiger partial charge in [0.2, 0.25) is 5.91 Å². The lowest BCUT2D eigenvalue weighted by Gasteiger charge is -2.15. The third-order valence-electron chi connectivity index (χ3n) is 4.70. The van der Waals surface area contributed by atoms with E-state index in [0.29, 0.717) is 38.8 Å². The van der Waals surface area contributed by atoms with Crippen LogP contribution in [0.15, 0.2) is 48.5 Å². The summed E-state index contributed by atoms with van der Waals surface area (Å²) in [4.78, 5) is 36.0. The largest absolute Gasteiger partial charge is 0.491 e. The van der Waals surface area contributed by atoms with E-state index in [1.54, 1.807) is 24.3 Å². The summed E-state index contributed by atoms with van der Waals surface area (Å²) in [5.74, 6) is -1.42. The zero-order valence-corrected chi connectivity index (χ0v) is 19.0. The summed E-state index contributed by atoms with van der Waals surface area (Å²) in [6.07, 6.45) is 0. The molecule has 2 aromatic carbocycles. The van der Waals surface area contributed by atoms with Crippen LogP contribution in [0.2, 0.25) is 0 Å². The number of carbonyl (C=O) groups is 3. The Labute approximate surface area is 197 Å². The molecule has 184 valence electrons. The zero-order chi connectivity index (χ0) is 24.8. The van der Waals surface area contributed by atoms with Gasteiger partial charge in [-0.05, 0) is 35.4 Å². The van der Waals surface area contributed by atoms with Crippen LogP contribution in [-0.2, 0) is 19.1 Å². The molecular formula is C24H30N2O8. The fourth-order valence-corrected chi connectivity index (χ4v) is 2.90. The maximum atomic E-state index is 12.4. The predicted molar refractivity (Wildman–Crippen MR) is 124 cm³/mol. The fraction of sp³-hybridized carbons (Fsp3) is 0.375. The van der Waals surface area contributed by atoms with E-state index < -0.39 is 30.2 Å². The molecule has 4 N–H and O–H groups in total. The first-order valence-corrected chi connectivity index (χ1v) is 10.8. The van der Waals surface area contributed by atoms with Crippen LogP contribution in [0, 0.1) is 0 Å². The van der Waals surface area contributed by atoms with Crippen LogP contribution in [0.5, 0.6) is 5.75 Å². The minimum Gasteiger partial charge on any atom is -0.491 e. The Bertz CT molecular complexity index is 900. The van der Waals surface area contributed by atoms with Crippen molar-refractivity contribution in [2.75, 3.05) is 53.3 Å². The number of hydrogen-bond acceptors (Lipinski definition) is 8. The van der Waals surface area contributed by atoms with Gasteiger partial charge in [-0.25, -0.2) is 0 Å². The zero-order valence-electron chi connectivity index (χ0n) is 19.0. The number of nitrogens with one attached hydrogen (secondary N) is 2. The molecule has 0 bridgehead atoms. The first kappa shape index (κ1) is 26.9. The molecule has 1 atom stereocenters. The number of likely N-dealkylation sites (N-methyl/N-ethyl adjacent to an activating group) is 1. The van der Waals surface area contributed by atoms with Crippen molar-refractivity contribution in [3.05, 3.63) is 54.1 Å². The predicted octanol–water partition coefficient (Wildman–Crippen LogP) is 0.164. The highest BCUT2D eigenvalue weighted by atomic mass is 16.5. The van der Waals surface area contributed by atoms with E-state index >= 15 is 0 Å². The van der Waals surface area contributed by atoms with E-state index in [1.807, 2.05) is 24.3 Å². The molecule has 1 unspecified atom stereocenters. The third kappa shape index (κ3) is 8.56. The summed E-state index contributed by atoms with van der Waals surface area (Å²) >= 11 is 0. The summed E-state index contributed by atoms with van der Waals surface area (Å²) in [6.45, 7) is 1.09. The van der Waals surface area contributed by atoms with Crippen LogP contribution in [0.3, 0.4) is 0 Å². The number of hydrogen-bond donors (Lipinski definition) is 4. The molecular weight excluding hydrogens is 444 g/mol. The Kier molecular flexibility index (Phi) is 11.7. The molecule has 0 heterocycles. The SMILES string of the molecule is CNC(=O)C(NC(=O)c1ccc(-c2ccc(OCCOCCOCCO)cc2)cc1)C(=O)CO. The summed E-state index contributed by atoms with van der Waals surface area (Å²) in [5, 5.41) is 22.2. The number of aliphatic hydroxyl groups excluding tert-OH is 2. The summed E-state index contributed by atoms with van der Waals surface area (Å²) in [7, 11) is 1.34. The number of Topliss-reactive ketones (excluding diaryl/α,β-unsaturated/α-hetero) is 1. The highest BCUT2D eigenvalue weighted by Crippen LogP contribution is 2.23. The van der Waals surface area contributed by atoms with Gasteiger partial charge in [0.25, 0.3) is 5.91 Å². The van der Waals surface area contributed by atoms with Crippen LogP contribution < -0.4 is 15.4 Å². The lowest BCUT2D eigenvalue weighted by atomic mass is 10.0. The van der Waals surface area contributed by atoms with Crippen molar-refractivity contribution in [1.29, 1.82) is 0 Å². The second kappa shape index (κ2) is 14.8. The van der Waals surface area contributed by atoms with E-state index in [4.69, 9.17) is 24.4 Å².